The third-order valence-corrected chi connectivity index (χ3v) is 4.58. The Morgan fingerprint density at radius 2 is 1.54 bits per heavy atom. The molecule has 0 fully saturated rings. The lowest BCUT2D eigenvalue weighted by Gasteiger charge is -2.22. The van der Waals surface area contributed by atoms with Crippen LogP contribution in [0.3, 0.4) is 0 Å². The molecule has 2 N–H and O–H groups in total. The van der Waals surface area contributed by atoms with E-state index in [1.54, 1.807) is 12.1 Å². The normalized spacial score (nSPS) is 11.5. The van der Waals surface area contributed by atoms with Crippen molar-refractivity contribution in [2.45, 2.75) is 39.7 Å². The van der Waals surface area contributed by atoms with Crippen molar-refractivity contribution in [2.75, 3.05) is 25.0 Å². The van der Waals surface area contributed by atoms with Crippen LogP contribution in [-0.2, 0) is 4.79 Å². The Kier molecular flexibility index (Phi) is 8.53. The molecule has 5 heteroatoms. The van der Waals surface area contributed by atoms with Crippen LogP contribution < -0.4 is 10.6 Å². The van der Waals surface area contributed by atoms with E-state index >= 15 is 0 Å². The van der Waals surface area contributed by atoms with Crippen LogP contribution in [0.5, 0.6) is 0 Å². The molecule has 0 aliphatic heterocycles. The summed E-state index contributed by atoms with van der Waals surface area (Å²) in [5.74, 6) is -0.0155. The van der Waals surface area contributed by atoms with Crippen LogP contribution in [0.4, 0.5) is 5.69 Å². The number of benzene rings is 2. The first kappa shape index (κ1) is 21.5. The number of anilines is 1. The summed E-state index contributed by atoms with van der Waals surface area (Å²) in [5.41, 5.74) is 2.49. The summed E-state index contributed by atoms with van der Waals surface area (Å²) in [6, 6.07) is 17.0. The summed E-state index contributed by atoms with van der Waals surface area (Å²) in [7, 11) is 0. The second-order valence-electron chi connectivity index (χ2n) is 6.92. The average Bonchev–Trinajstić information content (AvgIpc) is 2.72. The van der Waals surface area contributed by atoms with E-state index in [0.29, 0.717) is 5.56 Å². The van der Waals surface area contributed by atoms with Crippen LogP contribution in [0.1, 0.15) is 55.6 Å². The minimum Gasteiger partial charge on any atom is -0.376 e. The van der Waals surface area contributed by atoms with Crippen molar-refractivity contribution in [3.63, 3.8) is 0 Å². The largest absolute Gasteiger partial charge is 0.376 e. The van der Waals surface area contributed by atoms with Gasteiger partial charge in [-0.1, -0.05) is 44.2 Å². The van der Waals surface area contributed by atoms with Crippen molar-refractivity contribution in [1.82, 2.24) is 10.2 Å². The topological polar surface area (TPSA) is 61.4 Å². The zero-order valence-electron chi connectivity index (χ0n) is 17.1. The van der Waals surface area contributed by atoms with Crippen LogP contribution >= 0.6 is 0 Å². The highest BCUT2D eigenvalue weighted by atomic mass is 16.2. The molecule has 2 aromatic rings. The summed E-state index contributed by atoms with van der Waals surface area (Å²) in [4.78, 5) is 26.7. The molecule has 2 rings (SSSR count). The number of carbonyl (C=O) groups excluding carboxylic acids is 2. The first-order chi connectivity index (χ1) is 13.5. The maximum absolute atomic E-state index is 12.4. The molecule has 0 radical (unpaired) electrons. The van der Waals surface area contributed by atoms with Gasteiger partial charge in [-0.05, 0) is 49.6 Å². The third-order valence-electron chi connectivity index (χ3n) is 4.58. The molecule has 150 valence electrons. The van der Waals surface area contributed by atoms with E-state index in [1.165, 1.54) is 0 Å². The Hall–Kier alpha value is -2.82. The fourth-order valence-electron chi connectivity index (χ4n) is 3.03. The van der Waals surface area contributed by atoms with Crippen molar-refractivity contribution >= 4 is 17.5 Å². The van der Waals surface area contributed by atoms with E-state index in [9.17, 15) is 9.59 Å². The molecule has 28 heavy (non-hydrogen) atoms. The number of amides is 2. The predicted molar refractivity (Wildman–Crippen MR) is 114 cm³/mol. The van der Waals surface area contributed by atoms with Gasteiger partial charge in [0.1, 0.15) is 0 Å². The lowest BCUT2D eigenvalue weighted by molar-refractivity contribution is -0.129. The van der Waals surface area contributed by atoms with Crippen LogP contribution in [0.2, 0.25) is 0 Å². The first-order valence-electron chi connectivity index (χ1n) is 10.0. The molecule has 1 atom stereocenters. The van der Waals surface area contributed by atoms with Crippen molar-refractivity contribution in [1.29, 1.82) is 0 Å². The van der Waals surface area contributed by atoms with Gasteiger partial charge in [0.25, 0.3) is 5.91 Å². The van der Waals surface area contributed by atoms with Crippen molar-refractivity contribution in [2.24, 2.45) is 0 Å². The highest BCUT2D eigenvalue weighted by Gasteiger charge is 2.13. The van der Waals surface area contributed by atoms with Gasteiger partial charge in [0, 0.05) is 24.3 Å². The highest BCUT2D eigenvalue weighted by molar-refractivity contribution is 5.94. The lowest BCUT2D eigenvalue weighted by atomic mass is 10.1. The number of hydrogen-bond acceptors (Lipinski definition) is 3. The predicted octanol–water partition coefficient (Wildman–Crippen LogP) is 4.24. The fraction of sp³-hybridized carbons (Fsp3) is 0.391. The van der Waals surface area contributed by atoms with Gasteiger partial charge in [-0.3, -0.25) is 9.59 Å². The molecule has 0 aliphatic rings. The Morgan fingerprint density at radius 1 is 0.929 bits per heavy atom. The minimum absolute atomic E-state index is 0.0627. The van der Waals surface area contributed by atoms with Crippen molar-refractivity contribution < 1.29 is 9.59 Å². The molecule has 0 saturated carbocycles. The number of nitrogens with zero attached hydrogens (tertiary/aromatic N) is 1. The van der Waals surface area contributed by atoms with Gasteiger partial charge in [-0.2, -0.15) is 0 Å². The number of nitrogens with one attached hydrogen (secondary N) is 2. The summed E-state index contributed by atoms with van der Waals surface area (Å²) >= 11 is 0. The Labute approximate surface area is 168 Å². The standard InChI is InChI=1S/C23H31N3O2/c1-4-15-26(16-5-2)22(27)17-24-21-13-11-20(12-14-21)23(28)25-18(3)19-9-7-6-8-10-19/h6-14,18,24H,4-5,15-17H2,1-3H3,(H,25,28). The molecule has 0 aliphatic carbocycles. The van der Waals surface area contributed by atoms with Gasteiger partial charge in [0.15, 0.2) is 0 Å². The van der Waals surface area contributed by atoms with Gasteiger partial charge in [-0.25, -0.2) is 0 Å². The van der Waals surface area contributed by atoms with Crippen molar-refractivity contribution in [3.8, 4) is 0 Å². The maximum Gasteiger partial charge on any atom is 0.251 e. The number of rotatable bonds is 10. The summed E-state index contributed by atoms with van der Waals surface area (Å²) in [6.45, 7) is 7.95. The maximum atomic E-state index is 12.4. The van der Waals surface area contributed by atoms with Crippen LogP contribution in [0.15, 0.2) is 54.6 Å². The molecule has 0 bridgehead atoms. The Morgan fingerprint density at radius 3 is 2.11 bits per heavy atom. The Balaban J connectivity index is 1.88. The van der Waals surface area contributed by atoms with Crippen molar-refractivity contribution in [3.05, 3.63) is 65.7 Å². The monoisotopic (exact) mass is 381 g/mol. The van der Waals surface area contributed by atoms with E-state index in [4.69, 9.17) is 0 Å². The molecule has 5 nitrogen and oxygen atoms in total. The highest BCUT2D eigenvalue weighted by Crippen LogP contribution is 2.14. The van der Waals surface area contributed by atoms with Crippen LogP contribution in [0.25, 0.3) is 0 Å². The average molecular weight is 382 g/mol. The second-order valence-corrected chi connectivity index (χ2v) is 6.92. The van der Waals surface area contributed by atoms with Gasteiger partial charge < -0.3 is 15.5 Å². The summed E-state index contributed by atoms with van der Waals surface area (Å²) in [5, 5.41) is 6.16. The van der Waals surface area contributed by atoms with E-state index in [-0.39, 0.29) is 24.4 Å². The van der Waals surface area contributed by atoms with Crippen LogP contribution in [0, 0.1) is 0 Å². The number of carbonyl (C=O) groups is 2. The van der Waals surface area contributed by atoms with Gasteiger partial charge in [0.05, 0.1) is 12.6 Å². The molecule has 0 aromatic heterocycles. The molecule has 1 unspecified atom stereocenters. The van der Waals surface area contributed by atoms with E-state index in [0.717, 1.165) is 37.2 Å². The second kappa shape index (κ2) is 11.1. The molecule has 0 spiro atoms. The summed E-state index contributed by atoms with van der Waals surface area (Å²) < 4.78 is 0. The first-order valence-corrected chi connectivity index (χ1v) is 10.0. The Bertz CT molecular complexity index is 738. The van der Waals surface area contributed by atoms with E-state index in [1.807, 2.05) is 54.3 Å². The quantitative estimate of drug-likeness (QED) is 0.647. The summed E-state index contributed by atoms with van der Waals surface area (Å²) in [6.07, 6.45) is 1.91. The zero-order valence-corrected chi connectivity index (χ0v) is 17.1. The van der Waals surface area contributed by atoms with Gasteiger partial charge >= 0.3 is 0 Å². The fourth-order valence-corrected chi connectivity index (χ4v) is 3.03. The van der Waals surface area contributed by atoms with Gasteiger partial charge in [0.2, 0.25) is 5.91 Å². The van der Waals surface area contributed by atoms with E-state index < -0.39 is 0 Å². The molecule has 2 aromatic carbocycles. The molecular formula is C23H31N3O2. The third kappa shape index (κ3) is 6.41. The SMILES string of the molecule is CCCN(CCC)C(=O)CNc1ccc(C(=O)NC(C)c2ccccc2)cc1. The molecular weight excluding hydrogens is 350 g/mol. The smallest absolute Gasteiger partial charge is 0.251 e. The van der Waals surface area contributed by atoms with Gasteiger partial charge in [-0.15, -0.1) is 0 Å². The zero-order chi connectivity index (χ0) is 20.4. The van der Waals surface area contributed by atoms with E-state index in [2.05, 4.69) is 24.5 Å². The molecule has 0 heterocycles. The lowest BCUT2D eigenvalue weighted by Crippen LogP contribution is -2.36. The minimum atomic E-state index is -0.115. The number of hydrogen-bond donors (Lipinski definition) is 2. The molecule has 2 amide bonds. The molecule has 0 saturated heterocycles. The van der Waals surface area contributed by atoms with Crippen LogP contribution in [-0.4, -0.2) is 36.3 Å².